The van der Waals surface area contributed by atoms with E-state index < -0.39 is 0 Å². The van der Waals surface area contributed by atoms with E-state index in [4.69, 9.17) is 9.47 Å². The van der Waals surface area contributed by atoms with Gasteiger partial charge in [0.15, 0.2) is 0 Å². The maximum absolute atomic E-state index is 12.2. The Balaban J connectivity index is 1.79. The number of nitrogens with one attached hydrogen (secondary N) is 2. The van der Waals surface area contributed by atoms with Crippen LogP contribution in [0.1, 0.15) is 36.0 Å². The molecule has 0 aromatic heterocycles. The highest BCUT2D eigenvalue weighted by atomic mass is 16.5. The quantitative estimate of drug-likeness (QED) is 0.758. The fourth-order valence-corrected chi connectivity index (χ4v) is 3.41. The van der Waals surface area contributed by atoms with Crippen molar-refractivity contribution >= 4 is 5.91 Å². The number of aryl methyl sites for hydroxylation is 2. The van der Waals surface area contributed by atoms with Crippen LogP contribution in [0.2, 0.25) is 0 Å². The maximum Gasteiger partial charge on any atom is 0.223 e. The highest BCUT2D eigenvalue weighted by molar-refractivity contribution is 5.76. The molecule has 140 valence electrons. The first-order valence-corrected chi connectivity index (χ1v) is 9.13. The van der Waals surface area contributed by atoms with Crippen LogP contribution in [0.5, 0.6) is 5.75 Å². The van der Waals surface area contributed by atoms with Gasteiger partial charge in [0.2, 0.25) is 5.91 Å². The van der Waals surface area contributed by atoms with Gasteiger partial charge in [-0.25, -0.2) is 0 Å². The molecule has 0 bridgehead atoms. The molecule has 0 radical (unpaired) electrons. The largest absolute Gasteiger partial charge is 0.493 e. The Morgan fingerprint density at radius 1 is 1.24 bits per heavy atom. The Bertz CT molecular complexity index is 575. The van der Waals surface area contributed by atoms with E-state index in [1.807, 2.05) is 6.07 Å². The molecular formula is C20H32N2O3. The number of ether oxygens (including phenoxy) is 2. The predicted octanol–water partition coefficient (Wildman–Crippen LogP) is 2.51. The summed E-state index contributed by atoms with van der Waals surface area (Å²) in [5.74, 6) is 0.913. The SMILES string of the molecule is COCC1(CNC(=O)CCOc2cc(C)cc(C)c2C)CCNCC1. The Morgan fingerprint density at radius 3 is 2.64 bits per heavy atom. The van der Waals surface area contributed by atoms with Gasteiger partial charge in [-0.15, -0.1) is 0 Å². The van der Waals surface area contributed by atoms with Gasteiger partial charge >= 0.3 is 0 Å². The summed E-state index contributed by atoms with van der Waals surface area (Å²) in [4.78, 5) is 12.2. The molecule has 0 aliphatic carbocycles. The van der Waals surface area contributed by atoms with Crippen LogP contribution < -0.4 is 15.4 Å². The van der Waals surface area contributed by atoms with Crippen molar-refractivity contribution in [3.8, 4) is 5.75 Å². The summed E-state index contributed by atoms with van der Waals surface area (Å²) in [6.07, 6.45) is 2.42. The lowest BCUT2D eigenvalue weighted by Gasteiger charge is -2.37. The lowest BCUT2D eigenvalue weighted by Crippen LogP contribution is -2.47. The monoisotopic (exact) mass is 348 g/mol. The zero-order valence-corrected chi connectivity index (χ0v) is 16.0. The molecule has 2 rings (SSSR count). The number of hydrogen-bond donors (Lipinski definition) is 2. The van der Waals surface area contributed by atoms with Crippen molar-refractivity contribution < 1.29 is 14.3 Å². The third-order valence-corrected chi connectivity index (χ3v) is 5.13. The van der Waals surface area contributed by atoms with Gasteiger partial charge in [-0.3, -0.25) is 4.79 Å². The lowest BCUT2D eigenvalue weighted by molar-refractivity contribution is -0.122. The average Bonchev–Trinajstić information content (AvgIpc) is 2.58. The molecule has 0 unspecified atom stereocenters. The Hall–Kier alpha value is -1.59. The summed E-state index contributed by atoms with van der Waals surface area (Å²) in [5.41, 5.74) is 3.59. The van der Waals surface area contributed by atoms with Gasteiger partial charge in [0.05, 0.1) is 19.6 Å². The van der Waals surface area contributed by atoms with Crippen molar-refractivity contribution in [2.24, 2.45) is 5.41 Å². The van der Waals surface area contributed by atoms with E-state index in [-0.39, 0.29) is 11.3 Å². The molecule has 0 spiro atoms. The molecule has 1 fully saturated rings. The minimum absolute atomic E-state index is 0.0380. The molecule has 1 heterocycles. The third kappa shape index (κ3) is 5.72. The summed E-state index contributed by atoms with van der Waals surface area (Å²) in [7, 11) is 1.73. The second-order valence-corrected chi connectivity index (χ2v) is 7.26. The number of amides is 1. The zero-order valence-electron chi connectivity index (χ0n) is 16.0. The number of hydrogen-bond acceptors (Lipinski definition) is 4. The summed E-state index contributed by atoms with van der Waals surface area (Å²) in [6.45, 7) is 9.90. The van der Waals surface area contributed by atoms with E-state index in [0.717, 1.165) is 37.2 Å². The van der Waals surface area contributed by atoms with Crippen molar-refractivity contribution in [3.05, 3.63) is 28.8 Å². The van der Waals surface area contributed by atoms with E-state index >= 15 is 0 Å². The number of rotatable bonds is 8. The molecule has 1 amide bonds. The topological polar surface area (TPSA) is 59.6 Å². The molecule has 5 heteroatoms. The van der Waals surface area contributed by atoms with E-state index in [1.54, 1.807) is 7.11 Å². The van der Waals surface area contributed by atoms with Crippen molar-refractivity contribution in [2.45, 2.75) is 40.0 Å². The van der Waals surface area contributed by atoms with Gasteiger partial charge in [-0.2, -0.15) is 0 Å². The van der Waals surface area contributed by atoms with Crippen molar-refractivity contribution in [3.63, 3.8) is 0 Å². The molecular weight excluding hydrogens is 316 g/mol. The van der Waals surface area contributed by atoms with Gasteiger partial charge in [0.25, 0.3) is 0 Å². The first-order chi connectivity index (χ1) is 12.0. The summed E-state index contributed by atoms with van der Waals surface area (Å²) in [6, 6.07) is 4.17. The average molecular weight is 348 g/mol. The predicted molar refractivity (Wildman–Crippen MR) is 100 cm³/mol. The molecule has 1 aromatic rings. The minimum atomic E-state index is 0.0380. The number of carbonyl (C=O) groups is 1. The summed E-state index contributed by atoms with van der Waals surface area (Å²) >= 11 is 0. The van der Waals surface area contributed by atoms with Crippen LogP contribution >= 0.6 is 0 Å². The van der Waals surface area contributed by atoms with Gasteiger partial charge < -0.3 is 20.1 Å². The first-order valence-electron chi connectivity index (χ1n) is 9.13. The molecule has 2 N–H and O–H groups in total. The van der Waals surface area contributed by atoms with Crippen LogP contribution in [0, 0.1) is 26.2 Å². The van der Waals surface area contributed by atoms with E-state index in [2.05, 4.69) is 37.5 Å². The highest BCUT2D eigenvalue weighted by Gasteiger charge is 2.32. The Labute approximate surface area is 151 Å². The van der Waals surface area contributed by atoms with Crippen molar-refractivity contribution in [1.82, 2.24) is 10.6 Å². The van der Waals surface area contributed by atoms with E-state index in [0.29, 0.717) is 26.2 Å². The molecule has 1 saturated heterocycles. The molecule has 25 heavy (non-hydrogen) atoms. The van der Waals surface area contributed by atoms with Crippen molar-refractivity contribution in [1.29, 1.82) is 0 Å². The van der Waals surface area contributed by atoms with Crippen LogP contribution in [0.4, 0.5) is 0 Å². The molecule has 5 nitrogen and oxygen atoms in total. The van der Waals surface area contributed by atoms with Gasteiger partial charge in [-0.05, 0) is 69.5 Å². The summed E-state index contributed by atoms with van der Waals surface area (Å²) < 4.78 is 11.2. The van der Waals surface area contributed by atoms with Crippen LogP contribution in [-0.4, -0.2) is 45.9 Å². The van der Waals surface area contributed by atoms with E-state index in [1.165, 1.54) is 11.1 Å². The fourth-order valence-electron chi connectivity index (χ4n) is 3.41. The maximum atomic E-state index is 12.2. The number of benzene rings is 1. The Kier molecular flexibility index (Phi) is 7.26. The van der Waals surface area contributed by atoms with Gasteiger partial charge in [0, 0.05) is 19.1 Å². The number of piperidine rings is 1. The zero-order chi connectivity index (χ0) is 18.3. The first kappa shape index (κ1) is 19.7. The fraction of sp³-hybridized carbons (Fsp3) is 0.650. The van der Waals surface area contributed by atoms with Crippen LogP contribution in [-0.2, 0) is 9.53 Å². The second kappa shape index (κ2) is 9.20. The Morgan fingerprint density at radius 2 is 1.96 bits per heavy atom. The van der Waals surface area contributed by atoms with Gasteiger partial charge in [0.1, 0.15) is 5.75 Å². The number of methoxy groups -OCH3 is 1. The third-order valence-electron chi connectivity index (χ3n) is 5.13. The molecule has 1 aliphatic heterocycles. The molecule has 0 atom stereocenters. The summed E-state index contributed by atoms with van der Waals surface area (Å²) in [5, 5.41) is 6.44. The number of carbonyl (C=O) groups excluding carboxylic acids is 1. The second-order valence-electron chi connectivity index (χ2n) is 7.26. The lowest BCUT2D eigenvalue weighted by atomic mass is 9.79. The van der Waals surface area contributed by atoms with Crippen LogP contribution in [0.3, 0.4) is 0 Å². The molecule has 1 aromatic carbocycles. The van der Waals surface area contributed by atoms with Gasteiger partial charge in [-0.1, -0.05) is 6.07 Å². The highest BCUT2D eigenvalue weighted by Crippen LogP contribution is 2.28. The van der Waals surface area contributed by atoms with Crippen LogP contribution in [0.15, 0.2) is 12.1 Å². The molecule has 1 aliphatic rings. The normalized spacial score (nSPS) is 16.5. The standard InChI is InChI=1S/C20H32N2O3/c1-15-11-16(2)17(3)18(12-15)25-10-5-19(23)22-13-20(14-24-4)6-8-21-9-7-20/h11-12,21H,5-10,13-14H2,1-4H3,(H,22,23). The molecule has 0 saturated carbocycles. The van der Waals surface area contributed by atoms with E-state index in [9.17, 15) is 4.79 Å². The van der Waals surface area contributed by atoms with Crippen molar-refractivity contribution in [2.75, 3.05) is 40.0 Å². The smallest absolute Gasteiger partial charge is 0.223 e. The minimum Gasteiger partial charge on any atom is -0.493 e. The van der Waals surface area contributed by atoms with Crippen LogP contribution in [0.25, 0.3) is 0 Å².